The third-order valence-electron chi connectivity index (χ3n) is 2.22. The minimum atomic E-state index is 0.774. The molecular formula is C12H12N2S2. The lowest BCUT2D eigenvalue weighted by atomic mass is 10.1. The lowest BCUT2D eigenvalue weighted by Crippen LogP contribution is -1.89. The molecule has 1 heterocycles. The van der Waals surface area contributed by atoms with Crippen molar-refractivity contribution in [2.24, 2.45) is 0 Å². The van der Waals surface area contributed by atoms with Gasteiger partial charge in [0.2, 0.25) is 0 Å². The van der Waals surface area contributed by atoms with Crippen LogP contribution in [0.4, 0.5) is 0 Å². The predicted octanol–water partition coefficient (Wildman–Crippen LogP) is 3.53. The van der Waals surface area contributed by atoms with Crippen molar-refractivity contribution in [3.8, 4) is 11.4 Å². The van der Waals surface area contributed by atoms with Crippen molar-refractivity contribution in [1.82, 2.24) is 9.97 Å². The van der Waals surface area contributed by atoms with Crippen LogP contribution in [-0.2, 0) is 5.75 Å². The molecule has 0 spiro atoms. The smallest absolute Gasteiger partial charge is 0.159 e. The van der Waals surface area contributed by atoms with Gasteiger partial charge in [-0.15, -0.1) is 11.7 Å². The number of benzene rings is 1. The summed E-state index contributed by atoms with van der Waals surface area (Å²) in [7, 11) is 1.52. The third kappa shape index (κ3) is 2.77. The highest BCUT2D eigenvalue weighted by Gasteiger charge is 2.00. The molecule has 2 nitrogen and oxygen atoms in total. The van der Waals surface area contributed by atoms with Crippen LogP contribution < -0.4 is 0 Å². The van der Waals surface area contributed by atoms with E-state index in [1.54, 1.807) is 0 Å². The molecule has 2 aromatic rings. The van der Waals surface area contributed by atoms with Gasteiger partial charge in [-0.1, -0.05) is 35.1 Å². The highest BCUT2D eigenvalue weighted by atomic mass is 33.1. The number of aryl methyl sites for hydroxylation is 1. The van der Waals surface area contributed by atoms with Crippen LogP contribution in [0.1, 0.15) is 11.1 Å². The minimum Gasteiger partial charge on any atom is -0.236 e. The molecule has 0 fully saturated rings. The number of hydrogen-bond acceptors (Lipinski definition) is 4. The molecule has 0 radical (unpaired) electrons. The van der Waals surface area contributed by atoms with Crippen molar-refractivity contribution in [2.45, 2.75) is 12.7 Å². The molecule has 16 heavy (non-hydrogen) atoms. The zero-order chi connectivity index (χ0) is 11.4. The summed E-state index contributed by atoms with van der Waals surface area (Å²) in [4.78, 5) is 8.59. The van der Waals surface area contributed by atoms with Gasteiger partial charge in [0, 0.05) is 23.7 Å². The van der Waals surface area contributed by atoms with Gasteiger partial charge in [0.05, 0.1) is 0 Å². The Kier molecular flexibility index (Phi) is 3.85. The van der Waals surface area contributed by atoms with Crippen molar-refractivity contribution in [3.05, 3.63) is 47.8 Å². The van der Waals surface area contributed by atoms with E-state index in [0.717, 1.165) is 22.7 Å². The SMILES string of the molecule is Cc1cnc(-c2ccc(CSS)cc2)nc1. The number of hydrogen-bond donors (Lipinski definition) is 1. The van der Waals surface area contributed by atoms with E-state index in [9.17, 15) is 0 Å². The van der Waals surface area contributed by atoms with E-state index in [0.29, 0.717) is 0 Å². The molecule has 0 bridgehead atoms. The van der Waals surface area contributed by atoms with Crippen LogP contribution in [0.25, 0.3) is 11.4 Å². The number of thiol groups is 1. The van der Waals surface area contributed by atoms with E-state index in [4.69, 9.17) is 0 Å². The topological polar surface area (TPSA) is 25.8 Å². The zero-order valence-corrected chi connectivity index (χ0v) is 10.6. The Hall–Kier alpha value is -1.00. The maximum absolute atomic E-state index is 4.29. The van der Waals surface area contributed by atoms with Crippen molar-refractivity contribution in [2.75, 3.05) is 0 Å². The monoisotopic (exact) mass is 248 g/mol. The molecule has 1 aromatic carbocycles. The standard InChI is InChI=1S/C12H12N2S2/c1-9-6-13-12(14-7-9)11-4-2-10(3-5-11)8-16-15/h2-7,15H,8H2,1H3. The first-order valence-corrected chi connectivity index (χ1v) is 6.98. The van der Waals surface area contributed by atoms with Crippen LogP contribution in [0, 0.1) is 6.92 Å². The lowest BCUT2D eigenvalue weighted by molar-refractivity contribution is 1.14. The summed E-state index contributed by atoms with van der Waals surface area (Å²) in [6.45, 7) is 1.98. The minimum absolute atomic E-state index is 0.774. The molecule has 0 saturated carbocycles. The Labute approximate surface area is 104 Å². The van der Waals surface area contributed by atoms with E-state index >= 15 is 0 Å². The Morgan fingerprint density at radius 1 is 1.12 bits per heavy atom. The molecule has 0 saturated heterocycles. The van der Waals surface area contributed by atoms with Gasteiger partial charge in [-0.05, 0) is 18.1 Å². The fraction of sp³-hybridized carbons (Fsp3) is 0.167. The second-order valence-electron chi connectivity index (χ2n) is 3.55. The maximum Gasteiger partial charge on any atom is 0.159 e. The normalized spacial score (nSPS) is 10.4. The summed E-state index contributed by atoms with van der Waals surface area (Å²) in [5.74, 6) is 1.69. The lowest BCUT2D eigenvalue weighted by Gasteiger charge is -2.02. The second-order valence-corrected chi connectivity index (χ2v) is 4.88. The molecule has 82 valence electrons. The molecule has 0 unspecified atom stereocenters. The molecule has 0 amide bonds. The average molecular weight is 248 g/mol. The Morgan fingerprint density at radius 3 is 2.31 bits per heavy atom. The fourth-order valence-electron chi connectivity index (χ4n) is 1.37. The van der Waals surface area contributed by atoms with Gasteiger partial charge in [0.1, 0.15) is 0 Å². The van der Waals surface area contributed by atoms with Crippen LogP contribution >= 0.6 is 22.5 Å². The summed E-state index contributed by atoms with van der Waals surface area (Å²) >= 11 is 4.13. The predicted molar refractivity (Wildman–Crippen MR) is 72.5 cm³/mol. The Balaban J connectivity index is 2.24. The molecule has 0 aliphatic rings. The molecule has 0 N–H and O–H groups in total. The molecule has 2 rings (SSSR count). The molecule has 0 aliphatic carbocycles. The first-order chi connectivity index (χ1) is 7.79. The van der Waals surface area contributed by atoms with E-state index in [1.165, 1.54) is 16.4 Å². The van der Waals surface area contributed by atoms with E-state index < -0.39 is 0 Å². The molecular weight excluding hydrogens is 236 g/mol. The Bertz CT molecular complexity index is 451. The van der Waals surface area contributed by atoms with Gasteiger partial charge < -0.3 is 0 Å². The van der Waals surface area contributed by atoms with E-state index in [1.807, 2.05) is 31.5 Å². The summed E-state index contributed by atoms with van der Waals surface area (Å²) in [6, 6.07) is 8.26. The van der Waals surface area contributed by atoms with Crippen molar-refractivity contribution in [3.63, 3.8) is 0 Å². The number of nitrogens with zero attached hydrogens (tertiary/aromatic N) is 2. The van der Waals surface area contributed by atoms with Gasteiger partial charge >= 0.3 is 0 Å². The largest absolute Gasteiger partial charge is 0.236 e. The van der Waals surface area contributed by atoms with E-state index in [-0.39, 0.29) is 0 Å². The Morgan fingerprint density at radius 2 is 1.75 bits per heavy atom. The molecule has 0 aliphatic heterocycles. The van der Waals surface area contributed by atoms with Gasteiger partial charge in [-0.3, -0.25) is 0 Å². The number of rotatable bonds is 3. The quantitative estimate of drug-likeness (QED) is 0.664. The van der Waals surface area contributed by atoms with Crippen LogP contribution in [0.2, 0.25) is 0 Å². The first-order valence-electron chi connectivity index (χ1n) is 4.94. The maximum atomic E-state index is 4.29. The van der Waals surface area contributed by atoms with Crippen molar-refractivity contribution < 1.29 is 0 Å². The van der Waals surface area contributed by atoms with Crippen LogP contribution in [-0.4, -0.2) is 9.97 Å². The average Bonchev–Trinajstić information content (AvgIpc) is 2.32. The highest BCUT2D eigenvalue weighted by Crippen LogP contribution is 2.19. The third-order valence-corrected chi connectivity index (χ3v) is 3.07. The summed E-state index contributed by atoms with van der Waals surface area (Å²) < 4.78 is 0. The molecule has 1 aromatic heterocycles. The molecule has 0 atom stereocenters. The fourth-order valence-corrected chi connectivity index (χ4v) is 2.15. The van der Waals surface area contributed by atoms with Crippen LogP contribution in [0.15, 0.2) is 36.7 Å². The van der Waals surface area contributed by atoms with Gasteiger partial charge in [0.25, 0.3) is 0 Å². The zero-order valence-electron chi connectivity index (χ0n) is 8.92. The van der Waals surface area contributed by atoms with Crippen molar-refractivity contribution in [1.29, 1.82) is 0 Å². The highest BCUT2D eigenvalue weighted by molar-refractivity contribution is 8.68. The van der Waals surface area contributed by atoms with E-state index in [2.05, 4.69) is 33.8 Å². The number of aromatic nitrogens is 2. The van der Waals surface area contributed by atoms with Gasteiger partial charge in [-0.2, -0.15) is 0 Å². The van der Waals surface area contributed by atoms with Crippen LogP contribution in [0.5, 0.6) is 0 Å². The van der Waals surface area contributed by atoms with Gasteiger partial charge in [0.15, 0.2) is 5.82 Å². The van der Waals surface area contributed by atoms with Crippen molar-refractivity contribution >= 4 is 22.5 Å². The van der Waals surface area contributed by atoms with Gasteiger partial charge in [-0.25, -0.2) is 9.97 Å². The second kappa shape index (κ2) is 5.37. The summed E-state index contributed by atoms with van der Waals surface area (Å²) in [5.41, 5.74) is 3.38. The molecule has 4 heteroatoms. The van der Waals surface area contributed by atoms with Crippen LogP contribution in [0.3, 0.4) is 0 Å². The summed E-state index contributed by atoms with van der Waals surface area (Å²) in [5, 5.41) is 0. The first kappa shape index (κ1) is 11.5. The summed E-state index contributed by atoms with van der Waals surface area (Å²) in [6.07, 6.45) is 3.67.